The van der Waals surface area contributed by atoms with Gasteiger partial charge in [-0.1, -0.05) is 29.8 Å². The van der Waals surface area contributed by atoms with E-state index in [1.165, 1.54) is 5.56 Å². The zero-order chi connectivity index (χ0) is 10.4. The molecule has 3 heteroatoms. The normalized spacial score (nSPS) is 9.57. The zero-order valence-corrected chi connectivity index (χ0v) is 8.45. The largest absolute Gasteiger partial charge is 0.508 e. The van der Waals surface area contributed by atoms with Gasteiger partial charge in [-0.25, -0.2) is 4.79 Å². The maximum Gasteiger partial charge on any atom is 0.508 e. The van der Waals surface area contributed by atoms with Crippen LogP contribution in [0.25, 0.3) is 0 Å². The first-order valence-corrected chi connectivity index (χ1v) is 4.57. The predicted octanol–water partition coefficient (Wildman–Crippen LogP) is 2.67. The lowest BCUT2D eigenvalue weighted by Crippen LogP contribution is -2.06. The SMILES string of the molecule is CCOC(=O)OCc1ccc(C)cc1. The van der Waals surface area contributed by atoms with E-state index in [1.54, 1.807) is 6.92 Å². The summed E-state index contributed by atoms with van der Waals surface area (Å²) in [6.45, 7) is 4.36. The molecular weight excluding hydrogens is 180 g/mol. The summed E-state index contributed by atoms with van der Waals surface area (Å²) in [6.07, 6.45) is -0.618. The molecule has 0 aliphatic rings. The van der Waals surface area contributed by atoms with Crippen molar-refractivity contribution >= 4 is 6.16 Å². The maximum atomic E-state index is 10.8. The van der Waals surface area contributed by atoms with Crippen LogP contribution in [0.15, 0.2) is 24.3 Å². The molecule has 0 amide bonds. The van der Waals surface area contributed by atoms with Gasteiger partial charge < -0.3 is 9.47 Å². The van der Waals surface area contributed by atoms with E-state index in [0.717, 1.165) is 5.56 Å². The van der Waals surface area contributed by atoms with Gasteiger partial charge in [-0.3, -0.25) is 0 Å². The van der Waals surface area contributed by atoms with Gasteiger partial charge in [0.25, 0.3) is 0 Å². The van der Waals surface area contributed by atoms with E-state index < -0.39 is 6.16 Å². The molecule has 0 aliphatic heterocycles. The molecule has 0 saturated carbocycles. The standard InChI is InChI=1S/C11H14O3/c1-3-13-11(12)14-8-10-6-4-9(2)5-7-10/h4-7H,3,8H2,1-2H3. The number of hydrogen-bond donors (Lipinski definition) is 0. The molecule has 0 aliphatic carbocycles. The van der Waals surface area contributed by atoms with E-state index in [1.807, 2.05) is 31.2 Å². The molecule has 76 valence electrons. The summed E-state index contributed by atoms with van der Waals surface area (Å²) < 4.78 is 9.47. The molecule has 1 rings (SSSR count). The Labute approximate surface area is 83.6 Å². The Morgan fingerprint density at radius 1 is 1.21 bits per heavy atom. The Bertz CT molecular complexity index is 290. The maximum absolute atomic E-state index is 10.8. The van der Waals surface area contributed by atoms with Crippen LogP contribution < -0.4 is 0 Å². The molecular formula is C11H14O3. The van der Waals surface area contributed by atoms with Gasteiger partial charge in [-0.05, 0) is 19.4 Å². The molecule has 0 heterocycles. The number of ether oxygens (including phenoxy) is 2. The van der Waals surface area contributed by atoms with Crippen LogP contribution in [0, 0.1) is 6.92 Å². The van der Waals surface area contributed by atoms with Crippen LogP contribution in [0.2, 0.25) is 0 Å². The van der Waals surface area contributed by atoms with Gasteiger partial charge in [-0.2, -0.15) is 0 Å². The Balaban J connectivity index is 2.38. The van der Waals surface area contributed by atoms with Crippen molar-refractivity contribution in [1.82, 2.24) is 0 Å². The van der Waals surface area contributed by atoms with Crippen molar-refractivity contribution in [2.24, 2.45) is 0 Å². The van der Waals surface area contributed by atoms with Crippen LogP contribution in [-0.2, 0) is 16.1 Å². The minimum atomic E-state index is -0.618. The summed E-state index contributed by atoms with van der Waals surface area (Å²) >= 11 is 0. The second-order valence-corrected chi connectivity index (χ2v) is 2.96. The van der Waals surface area contributed by atoms with Gasteiger partial charge in [0, 0.05) is 0 Å². The molecule has 0 bridgehead atoms. The molecule has 0 atom stereocenters. The summed E-state index contributed by atoms with van der Waals surface area (Å²) in [7, 11) is 0. The fourth-order valence-corrected chi connectivity index (χ4v) is 0.986. The molecule has 0 saturated heterocycles. The van der Waals surface area contributed by atoms with Gasteiger partial charge in [0.1, 0.15) is 6.61 Å². The lowest BCUT2D eigenvalue weighted by molar-refractivity contribution is 0.0536. The molecule has 0 spiro atoms. The van der Waals surface area contributed by atoms with E-state index in [-0.39, 0.29) is 6.61 Å². The van der Waals surface area contributed by atoms with Crippen molar-refractivity contribution in [2.45, 2.75) is 20.5 Å². The second-order valence-electron chi connectivity index (χ2n) is 2.96. The molecule has 0 aromatic heterocycles. The Hall–Kier alpha value is -1.51. The van der Waals surface area contributed by atoms with Crippen LogP contribution in [0.3, 0.4) is 0 Å². The fourth-order valence-electron chi connectivity index (χ4n) is 0.986. The number of benzene rings is 1. The van der Waals surface area contributed by atoms with Crippen LogP contribution in [-0.4, -0.2) is 12.8 Å². The van der Waals surface area contributed by atoms with Crippen molar-refractivity contribution in [1.29, 1.82) is 0 Å². The first-order valence-electron chi connectivity index (χ1n) is 4.57. The lowest BCUT2D eigenvalue weighted by Gasteiger charge is -2.04. The van der Waals surface area contributed by atoms with Crippen molar-refractivity contribution in [3.8, 4) is 0 Å². The first-order chi connectivity index (χ1) is 6.72. The van der Waals surface area contributed by atoms with Crippen molar-refractivity contribution in [3.05, 3.63) is 35.4 Å². The van der Waals surface area contributed by atoms with Crippen molar-refractivity contribution in [2.75, 3.05) is 6.61 Å². The number of hydrogen-bond acceptors (Lipinski definition) is 3. The van der Waals surface area contributed by atoms with E-state index in [4.69, 9.17) is 4.74 Å². The minimum absolute atomic E-state index is 0.263. The van der Waals surface area contributed by atoms with Gasteiger partial charge in [0.15, 0.2) is 0 Å². The van der Waals surface area contributed by atoms with Crippen LogP contribution in [0.4, 0.5) is 4.79 Å². The summed E-state index contributed by atoms with van der Waals surface area (Å²) in [6, 6.07) is 7.80. The molecule has 0 fully saturated rings. The van der Waals surface area contributed by atoms with E-state index >= 15 is 0 Å². The molecule has 0 radical (unpaired) electrons. The second kappa shape index (κ2) is 5.27. The van der Waals surface area contributed by atoms with E-state index in [0.29, 0.717) is 6.61 Å². The monoisotopic (exact) mass is 194 g/mol. The lowest BCUT2D eigenvalue weighted by atomic mass is 10.2. The third kappa shape index (κ3) is 3.47. The van der Waals surface area contributed by atoms with E-state index in [2.05, 4.69) is 4.74 Å². The summed E-state index contributed by atoms with van der Waals surface area (Å²) in [5, 5.41) is 0. The first kappa shape index (κ1) is 10.6. The molecule has 1 aromatic carbocycles. The topological polar surface area (TPSA) is 35.5 Å². The average molecular weight is 194 g/mol. The number of carbonyl (C=O) groups excluding carboxylic acids is 1. The highest BCUT2D eigenvalue weighted by atomic mass is 16.7. The Morgan fingerprint density at radius 3 is 2.43 bits per heavy atom. The smallest absolute Gasteiger partial charge is 0.435 e. The van der Waals surface area contributed by atoms with Gasteiger partial charge >= 0.3 is 6.16 Å². The highest BCUT2D eigenvalue weighted by Crippen LogP contribution is 2.04. The summed E-state index contributed by atoms with van der Waals surface area (Å²) in [5.74, 6) is 0. The summed E-state index contributed by atoms with van der Waals surface area (Å²) in [5.41, 5.74) is 2.15. The summed E-state index contributed by atoms with van der Waals surface area (Å²) in [4.78, 5) is 10.8. The van der Waals surface area contributed by atoms with Gasteiger partial charge in [0.05, 0.1) is 6.61 Å². The number of aryl methyl sites for hydroxylation is 1. The van der Waals surface area contributed by atoms with E-state index in [9.17, 15) is 4.79 Å². The predicted molar refractivity (Wildman–Crippen MR) is 53.0 cm³/mol. The van der Waals surface area contributed by atoms with Crippen LogP contribution in [0.5, 0.6) is 0 Å². The molecule has 0 unspecified atom stereocenters. The molecule has 1 aromatic rings. The Morgan fingerprint density at radius 2 is 1.86 bits per heavy atom. The number of carbonyl (C=O) groups is 1. The van der Waals surface area contributed by atoms with Gasteiger partial charge in [0.2, 0.25) is 0 Å². The quantitative estimate of drug-likeness (QED) is 0.694. The average Bonchev–Trinajstić information content (AvgIpc) is 2.17. The third-order valence-corrected chi connectivity index (χ3v) is 1.74. The fraction of sp³-hybridized carbons (Fsp3) is 0.364. The molecule has 3 nitrogen and oxygen atoms in total. The minimum Gasteiger partial charge on any atom is -0.435 e. The Kier molecular flexibility index (Phi) is 3.98. The highest BCUT2D eigenvalue weighted by Gasteiger charge is 2.01. The highest BCUT2D eigenvalue weighted by molar-refractivity contribution is 5.59. The van der Waals surface area contributed by atoms with Gasteiger partial charge in [-0.15, -0.1) is 0 Å². The van der Waals surface area contributed by atoms with Crippen molar-refractivity contribution < 1.29 is 14.3 Å². The van der Waals surface area contributed by atoms with Crippen LogP contribution in [0.1, 0.15) is 18.1 Å². The number of rotatable bonds is 3. The molecule has 14 heavy (non-hydrogen) atoms. The van der Waals surface area contributed by atoms with Crippen molar-refractivity contribution in [3.63, 3.8) is 0 Å². The zero-order valence-electron chi connectivity index (χ0n) is 8.45. The molecule has 0 N–H and O–H groups in total. The van der Waals surface area contributed by atoms with Crippen LogP contribution >= 0.6 is 0 Å². The third-order valence-electron chi connectivity index (χ3n) is 1.74.